The number of nitrogens with zero attached hydrogens (tertiary/aromatic N) is 3. The number of carbonyl (C=O) groups is 1. The summed E-state index contributed by atoms with van der Waals surface area (Å²) >= 11 is 0. The van der Waals surface area contributed by atoms with Crippen LogP contribution in [0.25, 0.3) is 10.9 Å². The SMILES string of the molecule is CCOC1CCCN(C(=O)CCn2cnc3c(C)cccc3c2=O)C1. The van der Waals surface area contributed by atoms with Crippen molar-refractivity contribution in [3.05, 3.63) is 40.4 Å². The highest BCUT2D eigenvalue weighted by Crippen LogP contribution is 2.15. The van der Waals surface area contributed by atoms with Crippen molar-refractivity contribution in [2.75, 3.05) is 19.7 Å². The van der Waals surface area contributed by atoms with Gasteiger partial charge in [0.15, 0.2) is 0 Å². The van der Waals surface area contributed by atoms with Crippen molar-refractivity contribution in [3.63, 3.8) is 0 Å². The normalized spacial score (nSPS) is 17.8. The second kappa shape index (κ2) is 7.78. The standard InChI is InChI=1S/C19H25N3O3/c1-3-25-15-7-5-10-21(12-15)17(23)9-11-22-13-20-18-14(2)6-4-8-16(18)19(22)24/h4,6,8,13,15H,3,5,7,9-12H2,1-2H3. The van der Waals surface area contributed by atoms with E-state index in [9.17, 15) is 9.59 Å². The van der Waals surface area contributed by atoms with Gasteiger partial charge in [0.05, 0.1) is 23.3 Å². The predicted octanol–water partition coefficient (Wildman–Crippen LogP) is 2.12. The van der Waals surface area contributed by atoms with Crippen LogP contribution in [0, 0.1) is 6.92 Å². The molecule has 6 nitrogen and oxygen atoms in total. The molecule has 0 N–H and O–H groups in total. The maximum absolute atomic E-state index is 12.6. The van der Waals surface area contributed by atoms with E-state index in [1.807, 2.05) is 30.9 Å². The number of piperidine rings is 1. The van der Waals surface area contributed by atoms with Crippen LogP contribution in [0.2, 0.25) is 0 Å². The number of rotatable bonds is 5. The van der Waals surface area contributed by atoms with E-state index in [1.165, 1.54) is 4.57 Å². The minimum atomic E-state index is -0.0904. The molecule has 1 unspecified atom stereocenters. The lowest BCUT2D eigenvalue weighted by molar-refractivity contribution is -0.135. The average Bonchev–Trinajstić information content (AvgIpc) is 2.62. The predicted molar refractivity (Wildman–Crippen MR) is 96.6 cm³/mol. The van der Waals surface area contributed by atoms with Crippen LogP contribution in [0.4, 0.5) is 0 Å². The molecule has 134 valence electrons. The molecular weight excluding hydrogens is 318 g/mol. The van der Waals surface area contributed by atoms with Gasteiger partial charge in [-0.1, -0.05) is 12.1 Å². The molecule has 0 saturated carbocycles. The minimum absolute atomic E-state index is 0.0700. The molecule has 1 aromatic carbocycles. The molecule has 0 radical (unpaired) electrons. The van der Waals surface area contributed by atoms with Gasteiger partial charge in [0.25, 0.3) is 5.56 Å². The Morgan fingerprint density at radius 2 is 2.24 bits per heavy atom. The topological polar surface area (TPSA) is 64.4 Å². The van der Waals surface area contributed by atoms with Gasteiger partial charge in [-0.2, -0.15) is 0 Å². The highest BCUT2D eigenvalue weighted by molar-refractivity contribution is 5.80. The van der Waals surface area contributed by atoms with Gasteiger partial charge >= 0.3 is 0 Å². The lowest BCUT2D eigenvalue weighted by Crippen LogP contribution is -2.43. The van der Waals surface area contributed by atoms with E-state index in [-0.39, 0.29) is 17.6 Å². The summed E-state index contributed by atoms with van der Waals surface area (Å²) in [4.78, 5) is 31.3. The van der Waals surface area contributed by atoms with Crippen LogP contribution in [-0.2, 0) is 16.1 Å². The highest BCUT2D eigenvalue weighted by atomic mass is 16.5. The van der Waals surface area contributed by atoms with E-state index >= 15 is 0 Å². The molecule has 0 bridgehead atoms. The van der Waals surface area contributed by atoms with Crippen LogP contribution in [-0.4, -0.2) is 46.2 Å². The summed E-state index contributed by atoms with van der Waals surface area (Å²) in [7, 11) is 0. The van der Waals surface area contributed by atoms with E-state index in [0.29, 0.717) is 31.5 Å². The molecule has 1 fully saturated rings. The quantitative estimate of drug-likeness (QED) is 0.834. The first kappa shape index (κ1) is 17.6. The van der Waals surface area contributed by atoms with Crippen molar-refractivity contribution in [2.45, 2.75) is 45.8 Å². The number of aryl methyl sites for hydroxylation is 2. The van der Waals surface area contributed by atoms with Crippen LogP contribution in [0.1, 0.15) is 31.7 Å². The van der Waals surface area contributed by atoms with Crippen molar-refractivity contribution in [1.82, 2.24) is 14.5 Å². The fourth-order valence-electron chi connectivity index (χ4n) is 3.41. The van der Waals surface area contributed by atoms with E-state index in [0.717, 1.165) is 30.5 Å². The van der Waals surface area contributed by atoms with Gasteiger partial charge in [-0.15, -0.1) is 0 Å². The van der Waals surface area contributed by atoms with E-state index in [1.54, 1.807) is 12.4 Å². The Morgan fingerprint density at radius 1 is 1.40 bits per heavy atom. The lowest BCUT2D eigenvalue weighted by Gasteiger charge is -2.32. The van der Waals surface area contributed by atoms with E-state index in [2.05, 4.69) is 4.98 Å². The smallest absolute Gasteiger partial charge is 0.261 e. The summed E-state index contributed by atoms with van der Waals surface area (Å²) in [6, 6.07) is 5.58. The fourth-order valence-corrected chi connectivity index (χ4v) is 3.41. The molecule has 1 saturated heterocycles. The molecule has 1 amide bonds. The summed E-state index contributed by atoms with van der Waals surface area (Å²) < 4.78 is 7.18. The Balaban J connectivity index is 1.67. The maximum atomic E-state index is 12.6. The Bertz CT molecular complexity index is 813. The minimum Gasteiger partial charge on any atom is -0.377 e. The molecule has 3 rings (SSSR count). The van der Waals surface area contributed by atoms with Crippen LogP contribution in [0.3, 0.4) is 0 Å². The second-order valence-electron chi connectivity index (χ2n) is 6.52. The van der Waals surface area contributed by atoms with Crippen molar-refractivity contribution in [3.8, 4) is 0 Å². The number of likely N-dealkylation sites (tertiary alicyclic amines) is 1. The first-order valence-electron chi connectivity index (χ1n) is 8.94. The number of amides is 1. The maximum Gasteiger partial charge on any atom is 0.261 e. The fraction of sp³-hybridized carbons (Fsp3) is 0.526. The van der Waals surface area contributed by atoms with Gasteiger partial charge in [0.1, 0.15) is 0 Å². The zero-order chi connectivity index (χ0) is 17.8. The molecule has 0 spiro atoms. The molecule has 1 atom stereocenters. The summed E-state index contributed by atoms with van der Waals surface area (Å²) in [6.45, 7) is 6.35. The molecule has 6 heteroatoms. The number of para-hydroxylation sites is 1. The van der Waals surface area contributed by atoms with Gasteiger partial charge in [0, 0.05) is 32.7 Å². The van der Waals surface area contributed by atoms with Gasteiger partial charge < -0.3 is 9.64 Å². The Morgan fingerprint density at radius 3 is 3.04 bits per heavy atom. The third-order valence-corrected chi connectivity index (χ3v) is 4.76. The van der Waals surface area contributed by atoms with Gasteiger partial charge in [-0.25, -0.2) is 4.98 Å². The van der Waals surface area contributed by atoms with Gasteiger partial charge in [-0.3, -0.25) is 14.2 Å². The number of benzene rings is 1. The third kappa shape index (κ3) is 3.90. The van der Waals surface area contributed by atoms with Crippen molar-refractivity contribution in [1.29, 1.82) is 0 Å². The van der Waals surface area contributed by atoms with Gasteiger partial charge in [0.2, 0.25) is 5.91 Å². The number of hydrogen-bond acceptors (Lipinski definition) is 4. The first-order valence-corrected chi connectivity index (χ1v) is 8.94. The number of hydrogen-bond donors (Lipinski definition) is 0. The molecule has 25 heavy (non-hydrogen) atoms. The number of aromatic nitrogens is 2. The second-order valence-corrected chi connectivity index (χ2v) is 6.52. The zero-order valence-corrected chi connectivity index (χ0v) is 14.9. The van der Waals surface area contributed by atoms with Crippen LogP contribution in [0.5, 0.6) is 0 Å². The van der Waals surface area contributed by atoms with Crippen LogP contribution < -0.4 is 5.56 Å². The number of fused-ring (bicyclic) bond motifs is 1. The van der Waals surface area contributed by atoms with E-state index < -0.39 is 0 Å². The molecular formula is C19H25N3O3. The number of ether oxygens (including phenoxy) is 1. The Labute approximate surface area is 147 Å². The summed E-state index contributed by atoms with van der Waals surface area (Å²) in [5.41, 5.74) is 1.62. The lowest BCUT2D eigenvalue weighted by atomic mass is 10.1. The largest absolute Gasteiger partial charge is 0.377 e. The van der Waals surface area contributed by atoms with Crippen molar-refractivity contribution in [2.24, 2.45) is 0 Å². The first-order chi connectivity index (χ1) is 12.1. The Hall–Kier alpha value is -2.21. The number of carbonyl (C=O) groups excluding carboxylic acids is 1. The molecule has 2 heterocycles. The van der Waals surface area contributed by atoms with Crippen molar-refractivity contribution < 1.29 is 9.53 Å². The Kier molecular flexibility index (Phi) is 5.48. The zero-order valence-electron chi connectivity index (χ0n) is 14.9. The van der Waals surface area contributed by atoms with Gasteiger partial charge in [-0.05, 0) is 38.3 Å². The molecule has 1 aromatic heterocycles. The average molecular weight is 343 g/mol. The molecule has 2 aromatic rings. The van der Waals surface area contributed by atoms with Crippen molar-refractivity contribution >= 4 is 16.8 Å². The summed E-state index contributed by atoms with van der Waals surface area (Å²) in [5, 5.41) is 0.601. The van der Waals surface area contributed by atoms with Crippen LogP contribution >= 0.6 is 0 Å². The van der Waals surface area contributed by atoms with Crippen LogP contribution in [0.15, 0.2) is 29.3 Å². The third-order valence-electron chi connectivity index (χ3n) is 4.76. The summed E-state index contributed by atoms with van der Waals surface area (Å²) in [6.07, 6.45) is 3.95. The summed E-state index contributed by atoms with van der Waals surface area (Å²) in [5.74, 6) is 0.0700. The molecule has 1 aliphatic rings. The van der Waals surface area contributed by atoms with E-state index in [4.69, 9.17) is 4.74 Å². The molecule has 0 aliphatic carbocycles. The monoisotopic (exact) mass is 343 g/mol. The molecule has 1 aliphatic heterocycles. The highest BCUT2D eigenvalue weighted by Gasteiger charge is 2.23.